The molecule has 0 amide bonds. The van der Waals surface area contributed by atoms with Crippen molar-refractivity contribution in [3.05, 3.63) is 454 Å². The smallest absolute Gasteiger partial charge is 0.455 e. The molecule has 1 aliphatic rings. The number of fused-ring (bicyclic) bond motifs is 33. The van der Waals surface area contributed by atoms with Crippen LogP contribution in [0.4, 0.5) is 11.4 Å². The van der Waals surface area contributed by atoms with Crippen molar-refractivity contribution in [1.82, 2.24) is 4.98 Å². The number of nitro benzene ring substituents is 2. The van der Waals surface area contributed by atoms with E-state index in [2.05, 4.69) is 392 Å². The van der Waals surface area contributed by atoms with Gasteiger partial charge in [-0.2, -0.15) is 0 Å². The van der Waals surface area contributed by atoms with Gasteiger partial charge in [-0.25, -0.2) is 0 Å². The first-order valence-electron chi connectivity index (χ1n) is 46.0. The van der Waals surface area contributed by atoms with Gasteiger partial charge in [-0.3, -0.25) is 20.2 Å². The highest BCUT2D eigenvalue weighted by molar-refractivity contribution is 9.11. The Balaban J connectivity index is 0.0000000955. The molecule has 0 saturated carbocycles. The normalized spacial score (nSPS) is 12.9. The van der Waals surface area contributed by atoms with Gasteiger partial charge in [0.15, 0.2) is 0 Å². The fourth-order valence-corrected chi connectivity index (χ4v) is 23.1. The van der Waals surface area contributed by atoms with Crippen molar-refractivity contribution < 1.29 is 36.8 Å². The molecule has 0 atom stereocenters. The number of furan rings is 4. The quantitative estimate of drug-likeness (QED) is 0.0700. The van der Waals surface area contributed by atoms with Crippen molar-refractivity contribution in [2.24, 2.45) is 0 Å². The molecule has 1 fully saturated rings. The van der Waals surface area contributed by atoms with Gasteiger partial charge in [0, 0.05) is 130 Å². The Morgan fingerprint density at radius 2 is 0.590 bits per heavy atom. The van der Waals surface area contributed by atoms with Crippen LogP contribution in [0.15, 0.2) is 451 Å². The molecule has 5 aromatic heterocycles. The molecular formula is C122H83BBr2N3O10P. The minimum atomic E-state index is -0.450. The van der Waals surface area contributed by atoms with Crippen LogP contribution in [0.25, 0.3) is 207 Å². The van der Waals surface area contributed by atoms with E-state index < -0.39 is 31.2 Å². The van der Waals surface area contributed by atoms with E-state index in [9.17, 15) is 20.2 Å². The number of H-pyrrole nitrogens is 1. The lowest BCUT2D eigenvalue weighted by molar-refractivity contribution is -0.385. The number of aromatic amines is 1. The van der Waals surface area contributed by atoms with E-state index in [0.717, 1.165) is 157 Å². The van der Waals surface area contributed by atoms with E-state index in [1.54, 1.807) is 30.3 Å². The summed E-state index contributed by atoms with van der Waals surface area (Å²) in [7, 11) is -0.896. The van der Waals surface area contributed by atoms with Crippen LogP contribution in [0.5, 0.6) is 0 Å². The zero-order chi connectivity index (χ0) is 94.3. The van der Waals surface area contributed by atoms with Gasteiger partial charge < -0.3 is 32.0 Å². The number of nitrogens with zero attached hydrogens (tertiary/aromatic N) is 2. The molecule has 0 aliphatic carbocycles. The third-order valence-corrected chi connectivity index (χ3v) is 30.8. The van der Waals surface area contributed by atoms with Crippen molar-refractivity contribution in [1.29, 1.82) is 0 Å². The van der Waals surface area contributed by atoms with Crippen LogP contribution in [0, 0.1) is 20.2 Å². The van der Waals surface area contributed by atoms with Crippen molar-refractivity contribution in [3.8, 4) is 11.1 Å². The van der Waals surface area contributed by atoms with E-state index >= 15 is 0 Å². The Bertz CT molecular complexity index is 9460. The molecule has 17 heteroatoms. The number of hydrogen-bond acceptors (Lipinski definition) is 10. The minimum absolute atomic E-state index is 0.0872. The molecule has 1 saturated heterocycles. The summed E-state index contributed by atoms with van der Waals surface area (Å²) in [6.07, 6.45) is 0. The first-order valence-corrected chi connectivity index (χ1v) is 48.9. The highest BCUT2D eigenvalue weighted by atomic mass is 79.9. The van der Waals surface area contributed by atoms with Gasteiger partial charge >= 0.3 is 7.12 Å². The average Bonchev–Trinajstić information content (AvgIpc) is 1.55. The third-order valence-electron chi connectivity index (χ3n) is 27.0. The highest BCUT2D eigenvalue weighted by Crippen LogP contribution is 2.50. The molecule has 668 valence electrons. The predicted molar refractivity (Wildman–Crippen MR) is 586 cm³/mol. The van der Waals surface area contributed by atoms with Gasteiger partial charge in [0.25, 0.3) is 11.4 Å². The molecular weight excluding hydrogens is 1870 g/mol. The number of nitrogens with one attached hydrogen (secondary N) is 1. The molecule has 28 rings (SSSR count). The van der Waals surface area contributed by atoms with Gasteiger partial charge in [-0.15, -0.1) is 0 Å². The van der Waals surface area contributed by atoms with E-state index in [1.807, 2.05) is 60.7 Å². The zero-order valence-corrected chi connectivity index (χ0v) is 79.7. The van der Waals surface area contributed by atoms with Crippen molar-refractivity contribution >= 4 is 275 Å². The van der Waals surface area contributed by atoms with Gasteiger partial charge in [0.05, 0.1) is 36.6 Å². The molecule has 0 unspecified atom stereocenters. The summed E-state index contributed by atoms with van der Waals surface area (Å²) in [6.45, 7) is 8.36. The van der Waals surface area contributed by atoms with Gasteiger partial charge in [-0.1, -0.05) is 358 Å². The topological polar surface area (TPSA) is 173 Å². The zero-order valence-electron chi connectivity index (χ0n) is 75.7. The lowest BCUT2D eigenvalue weighted by Gasteiger charge is -2.32. The van der Waals surface area contributed by atoms with Crippen molar-refractivity contribution in [2.45, 2.75) is 38.9 Å². The second-order valence-electron chi connectivity index (χ2n) is 35.7. The Kier molecular flexibility index (Phi) is 22.6. The number of hydrogen-bond donors (Lipinski definition) is 1. The van der Waals surface area contributed by atoms with Crippen molar-refractivity contribution in [2.75, 3.05) is 0 Å². The maximum Gasteiger partial charge on any atom is 0.495 e. The summed E-state index contributed by atoms with van der Waals surface area (Å²) in [5, 5.41) is 55.4. The summed E-state index contributed by atoms with van der Waals surface area (Å²) < 4.78 is 40.5. The summed E-state index contributed by atoms with van der Waals surface area (Å²) in [4.78, 5) is 24.9. The van der Waals surface area contributed by atoms with Crippen LogP contribution in [-0.2, 0) is 9.31 Å². The summed E-state index contributed by atoms with van der Waals surface area (Å²) in [6, 6.07) is 144. The Hall–Kier alpha value is -15.9. The number of aromatic nitrogens is 1. The fraction of sp³-hybridized carbons (Fsp3) is 0.0492. The second-order valence-corrected chi connectivity index (χ2v) is 39.6. The molecule has 22 aromatic carbocycles. The molecule has 1 N–H and O–H groups in total. The summed E-state index contributed by atoms with van der Waals surface area (Å²) >= 11 is 6.78. The largest absolute Gasteiger partial charge is 0.495 e. The molecule has 27 aromatic rings. The summed E-state index contributed by atoms with van der Waals surface area (Å²) in [5.41, 5.74) is 11.4. The van der Waals surface area contributed by atoms with Gasteiger partial charge in [0.2, 0.25) is 0 Å². The number of rotatable bonds is 7. The molecule has 13 nitrogen and oxygen atoms in total. The van der Waals surface area contributed by atoms with E-state index in [0.29, 0.717) is 10.0 Å². The minimum Gasteiger partial charge on any atom is -0.455 e. The SMILES string of the molecule is Brc1cc2ccccc2c2oc3c4ccccc4ccc3c12.CC1(C)OB(c2cc3ccccc3c3oc4c5ccccc5ccc4c23)OC1(C)C.O=[N+]([O-])c1ccccc1-c1cc2ccccc2c2oc3c4ccccc4ccc3c12.O=[N+]([O-])c1ccccc1Br.c1ccc(P(c2ccccc2)c2ccccc2)cc1.c1ccc2c(c1)ccc1c2oc2c3ccccc3c3[nH]c4ccccc4c3c12. The van der Waals surface area contributed by atoms with Gasteiger partial charge in [0.1, 0.15) is 44.7 Å². The Morgan fingerprint density at radius 3 is 1.04 bits per heavy atom. The van der Waals surface area contributed by atoms with E-state index in [4.69, 9.17) is 27.0 Å². The standard InChI is InChI=1S/C26H23BO3.C26H15NO3.C26H15NO.C20H11BrO.C18H15P.C6H4BrNO2/c1-25(2)26(3,4)30-27(29-25)21-15-17-10-6-8-12-19(17)24-22(21)20-14-13-16-9-5-7-11-18(16)23(20)28-24;28-27(29)23-12-6-5-11-20(23)22-15-17-8-2-4-10-19(17)26-24(22)21-14-13-16-7-1-3-9-18(16)25(21)30-26;1-2-8-16-15(7-1)13-14-20-23-22-19-11-5-6-12-21(19)27-24(22)17-9-3-4-10-18(17)26(23)28-25(16)20;21-17-11-13-6-2-4-8-15(13)20-18(17)16-10-9-12-5-1-3-7-14(12)19(16)22-20;1-4-10-16(11-5-1)19(17-12-6-2-7-13-17)18-14-8-3-9-15-18;7-5-3-1-2-4-6(5)8(9)10/h5-15H,1-4H3;1-15H;1-14,27H;1-11H;1-15H;1-4H. The molecule has 139 heavy (non-hydrogen) atoms. The number of nitro groups is 2. The maximum absolute atomic E-state index is 11.8. The third kappa shape index (κ3) is 15.6. The number of benzene rings is 22. The number of halogens is 2. The maximum atomic E-state index is 11.8. The van der Waals surface area contributed by atoms with Crippen LogP contribution in [0.2, 0.25) is 0 Å². The first-order chi connectivity index (χ1) is 68.0. The molecule has 0 radical (unpaired) electrons. The number of para-hydroxylation sites is 3. The van der Waals surface area contributed by atoms with Crippen LogP contribution in [0.1, 0.15) is 27.7 Å². The van der Waals surface area contributed by atoms with Crippen LogP contribution >= 0.6 is 39.8 Å². The first kappa shape index (κ1) is 87.2. The van der Waals surface area contributed by atoms with Gasteiger partial charge in [-0.05, 0) is 181 Å². The Morgan fingerprint density at radius 1 is 0.266 bits per heavy atom. The van der Waals surface area contributed by atoms with Crippen LogP contribution < -0.4 is 21.4 Å². The van der Waals surface area contributed by atoms with E-state index in [-0.39, 0.29) is 16.3 Å². The lowest BCUT2D eigenvalue weighted by atomic mass is 9.75. The van der Waals surface area contributed by atoms with Crippen LogP contribution in [0.3, 0.4) is 0 Å². The average molecular weight is 1950 g/mol. The second kappa shape index (κ2) is 36.0. The molecule has 6 heterocycles. The molecule has 1 aliphatic heterocycles. The Labute approximate surface area is 814 Å². The van der Waals surface area contributed by atoms with Crippen molar-refractivity contribution in [3.63, 3.8) is 0 Å². The lowest BCUT2D eigenvalue weighted by Crippen LogP contribution is -2.41. The highest BCUT2D eigenvalue weighted by Gasteiger charge is 2.52. The monoisotopic (exact) mass is 1950 g/mol. The molecule has 0 bridgehead atoms. The van der Waals surface area contributed by atoms with Crippen LogP contribution in [-0.4, -0.2) is 33.2 Å². The fourth-order valence-electron chi connectivity index (χ4n) is 19.8. The predicted octanol–water partition coefficient (Wildman–Crippen LogP) is 33.6. The van der Waals surface area contributed by atoms with E-state index in [1.165, 1.54) is 76.0 Å². The summed E-state index contributed by atoms with van der Waals surface area (Å²) in [5.74, 6) is 0. The molecule has 0 spiro atoms.